The van der Waals surface area contributed by atoms with Crippen molar-refractivity contribution in [2.24, 2.45) is 5.73 Å². The first-order chi connectivity index (χ1) is 7.45. The van der Waals surface area contributed by atoms with Crippen LogP contribution in [0, 0.1) is 0 Å². The zero-order chi connectivity index (χ0) is 12.2. The molecule has 16 heavy (non-hydrogen) atoms. The second-order valence-corrected chi connectivity index (χ2v) is 5.33. The lowest BCUT2D eigenvalue weighted by Crippen LogP contribution is -2.48. The van der Waals surface area contributed by atoms with E-state index in [2.05, 4.69) is 0 Å². The molecule has 0 spiro atoms. The van der Waals surface area contributed by atoms with Crippen LogP contribution in [-0.2, 0) is 9.53 Å². The van der Waals surface area contributed by atoms with Gasteiger partial charge in [0.15, 0.2) is 0 Å². The molecule has 0 saturated carbocycles. The zero-order valence-electron chi connectivity index (χ0n) is 9.77. The number of nitrogens with two attached hydrogens (primary N) is 1. The summed E-state index contributed by atoms with van der Waals surface area (Å²) in [6, 6.07) is 9.70. The Labute approximate surface area is 100 Å². The van der Waals surface area contributed by atoms with E-state index < -0.39 is 10.8 Å². The molecule has 0 bridgehead atoms. The average Bonchev–Trinajstić information content (AvgIpc) is 2.25. The van der Waals surface area contributed by atoms with Crippen molar-refractivity contribution < 1.29 is 9.53 Å². The fourth-order valence-electron chi connectivity index (χ4n) is 1.25. The van der Waals surface area contributed by atoms with Crippen LogP contribution in [0.15, 0.2) is 35.2 Å². The Kier molecular flexibility index (Phi) is 4.38. The van der Waals surface area contributed by atoms with E-state index in [1.165, 1.54) is 18.9 Å². The Balaban J connectivity index is 2.84. The van der Waals surface area contributed by atoms with Crippen LogP contribution < -0.4 is 5.73 Å². The molecule has 0 heterocycles. The van der Waals surface area contributed by atoms with E-state index in [-0.39, 0.29) is 5.97 Å². The second kappa shape index (κ2) is 5.37. The highest BCUT2D eigenvalue weighted by Crippen LogP contribution is 2.29. The van der Waals surface area contributed by atoms with E-state index in [1.54, 1.807) is 0 Å². The molecule has 2 N–H and O–H groups in total. The highest BCUT2D eigenvalue weighted by atomic mass is 32.2. The molecule has 0 aliphatic heterocycles. The van der Waals surface area contributed by atoms with Gasteiger partial charge in [0.05, 0.1) is 7.11 Å². The van der Waals surface area contributed by atoms with Gasteiger partial charge in [0, 0.05) is 10.4 Å². The molecule has 1 aromatic carbocycles. The van der Waals surface area contributed by atoms with Crippen molar-refractivity contribution >= 4 is 17.7 Å². The maximum atomic E-state index is 11.6. The molecule has 1 unspecified atom stereocenters. The Morgan fingerprint density at radius 2 is 1.94 bits per heavy atom. The van der Waals surface area contributed by atoms with Gasteiger partial charge < -0.3 is 10.5 Å². The smallest absolute Gasteiger partial charge is 0.321 e. The van der Waals surface area contributed by atoms with Gasteiger partial charge in [-0.25, -0.2) is 0 Å². The molecule has 0 saturated heterocycles. The van der Waals surface area contributed by atoms with Gasteiger partial charge in [-0.3, -0.25) is 4.79 Å². The molecule has 1 atom stereocenters. The summed E-state index contributed by atoms with van der Waals surface area (Å²) in [7, 11) is 1.38. The predicted octanol–water partition coefficient (Wildman–Crippen LogP) is 2.06. The third-order valence-electron chi connectivity index (χ3n) is 2.09. The van der Waals surface area contributed by atoms with Gasteiger partial charge >= 0.3 is 5.97 Å². The summed E-state index contributed by atoms with van der Waals surface area (Å²) >= 11 is 1.43. The van der Waals surface area contributed by atoms with Crippen molar-refractivity contribution in [1.82, 2.24) is 0 Å². The minimum absolute atomic E-state index is 0.290. The van der Waals surface area contributed by atoms with E-state index >= 15 is 0 Å². The number of thioether (sulfide) groups is 1. The van der Waals surface area contributed by atoms with Gasteiger partial charge in [-0.1, -0.05) is 18.2 Å². The minimum Gasteiger partial charge on any atom is -0.468 e. The fourth-order valence-corrected chi connectivity index (χ4v) is 2.33. The summed E-state index contributed by atoms with van der Waals surface area (Å²) in [5.74, 6) is -0.290. The van der Waals surface area contributed by atoms with Gasteiger partial charge in [-0.2, -0.15) is 0 Å². The van der Waals surface area contributed by atoms with Crippen LogP contribution in [0.5, 0.6) is 0 Å². The zero-order valence-corrected chi connectivity index (χ0v) is 10.6. The van der Waals surface area contributed by atoms with Crippen molar-refractivity contribution in [3.63, 3.8) is 0 Å². The number of esters is 1. The largest absolute Gasteiger partial charge is 0.468 e. The minimum atomic E-state index is -0.617. The Morgan fingerprint density at radius 3 is 2.38 bits per heavy atom. The molecule has 0 fully saturated rings. The van der Waals surface area contributed by atoms with E-state index in [4.69, 9.17) is 10.5 Å². The van der Waals surface area contributed by atoms with Crippen molar-refractivity contribution in [3.05, 3.63) is 30.3 Å². The molecule has 0 aromatic heterocycles. The van der Waals surface area contributed by atoms with Crippen molar-refractivity contribution in [2.45, 2.75) is 29.5 Å². The maximum absolute atomic E-state index is 11.6. The van der Waals surface area contributed by atoms with Crippen molar-refractivity contribution in [2.75, 3.05) is 7.11 Å². The number of ether oxygens (including phenoxy) is 1. The van der Waals surface area contributed by atoms with Crippen LogP contribution in [0.2, 0.25) is 0 Å². The summed E-state index contributed by atoms with van der Waals surface area (Å²) < 4.78 is 4.77. The number of hydrogen-bond donors (Lipinski definition) is 1. The summed E-state index contributed by atoms with van der Waals surface area (Å²) in [6.45, 7) is 3.65. The molecule has 4 heteroatoms. The first-order valence-electron chi connectivity index (χ1n) is 5.03. The summed E-state index contributed by atoms with van der Waals surface area (Å²) in [5, 5.41) is -0.403. The van der Waals surface area contributed by atoms with Gasteiger partial charge in [0.1, 0.15) is 5.25 Å². The van der Waals surface area contributed by atoms with Gasteiger partial charge in [-0.15, -0.1) is 11.8 Å². The standard InChI is InChI=1S/C12H17NO2S/c1-12(2,13)10(11(14)15-3)16-9-7-5-4-6-8-9/h4-8,10H,13H2,1-3H3. The van der Waals surface area contributed by atoms with Gasteiger partial charge in [0.2, 0.25) is 0 Å². The number of hydrogen-bond acceptors (Lipinski definition) is 4. The number of carbonyl (C=O) groups excluding carboxylic acids is 1. The summed E-state index contributed by atoms with van der Waals surface area (Å²) in [6.07, 6.45) is 0. The van der Waals surface area contributed by atoms with E-state index in [9.17, 15) is 4.79 Å². The monoisotopic (exact) mass is 239 g/mol. The second-order valence-electron chi connectivity index (χ2n) is 4.16. The van der Waals surface area contributed by atoms with Crippen LogP contribution in [0.1, 0.15) is 13.8 Å². The summed E-state index contributed by atoms with van der Waals surface area (Å²) in [5.41, 5.74) is 5.36. The van der Waals surface area contributed by atoms with E-state index in [0.717, 1.165) is 4.90 Å². The average molecular weight is 239 g/mol. The first-order valence-corrected chi connectivity index (χ1v) is 5.91. The van der Waals surface area contributed by atoms with Crippen molar-refractivity contribution in [3.8, 4) is 0 Å². The molecular weight excluding hydrogens is 222 g/mol. The van der Waals surface area contributed by atoms with E-state index in [0.29, 0.717) is 0 Å². The van der Waals surface area contributed by atoms with Crippen LogP contribution in [-0.4, -0.2) is 23.9 Å². The number of carbonyl (C=O) groups is 1. The van der Waals surface area contributed by atoms with Crippen LogP contribution in [0.25, 0.3) is 0 Å². The number of methoxy groups -OCH3 is 1. The molecule has 3 nitrogen and oxygen atoms in total. The van der Waals surface area contributed by atoms with Gasteiger partial charge in [-0.05, 0) is 26.0 Å². The number of rotatable bonds is 4. The normalized spacial score (nSPS) is 13.2. The predicted molar refractivity (Wildman–Crippen MR) is 66.4 cm³/mol. The Hall–Kier alpha value is -1.00. The third-order valence-corrected chi connectivity index (χ3v) is 3.67. The summed E-state index contributed by atoms with van der Waals surface area (Å²) in [4.78, 5) is 12.7. The van der Waals surface area contributed by atoms with Crippen LogP contribution >= 0.6 is 11.8 Å². The molecule has 1 aromatic rings. The number of benzene rings is 1. The lowest BCUT2D eigenvalue weighted by molar-refractivity contribution is -0.140. The lowest BCUT2D eigenvalue weighted by atomic mass is 10.0. The molecule has 0 radical (unpaired) electrons. The third kappa shape index (κ3) is 3.54. The molecule has 0 amide bonds. The SMILES string of the molecule is COC(=O)C(Sc1ccccc1)C(C)(C)N. The first kappa shape index (κ1) is 13.1. The topological polar surface area (TPSA) is 52.3 Å². The molecule has 88 valence electrons. The van der Waals surface area contributed by atoms with E-state index in [1.807, 2.05) is 44.2 Å². The Bertz CT molecular complexity index is 346. The molecular formula is C12H17NO2S. The van der Waals surface area contributed by atoms with Crippen LogP contribution in [0.3, 0.4) is 0 Å². The Morgan fingerprint density at radius 1 is 1.38 bits per heavy atom. The molecule has 1 rings (SSSR count). The highest BCUT2D eigenvalue weighted by Gasteiger charge is 2.33. The fraction of sp³-hybridized carbons (Fsp3) is 0.417. The maximum Gasteiger partial charge on any atom is 0.321 e. The molecule has 0 aliphatic rings. The lowest BCUT2D eigenvalue weighted by Gasteiger charge is -2.27. The van der Waals surface area contributed by atoms with Crippen molar-refractivity contribution in [1.29, 1.82) is 0 Å². The van der Waals surface area contributed by atoms with Crippen LogP contribution in [0.4, 0.5) is 0 Å². The highest BCUT2D eigenvalue weighted by molar-refractivity contribution is 8.00. The molecule has 0 aliphatic carbocycles. The van der Waals surface area contributed by atoms with Gasteiger partial charge in [0.25, 0.3) is 0 Å². The quantitative estimate of drug-likeness (QED) is 0.645.